The SMILES string of the molecule is CCc1ccc(N=C2S[C@@H](CC(=O)Nc3ccc(C(=O)O)cc3)C(=O)N2C)cc1. The lowest BCUT2D eigenvalue weighted by atomic mass is 10.2. The molecule has 1 aliphatic heterocycles. The molecule has 0 aromatic heterocycles. The fourth-order valence-corrected chi connectivity index (χ4v) is 3.94. The van der Waals surface area contributed by atoms with Crippen LogP contribution in [0.5, 0.6) is 0 Å². The van der Waals surface area contributed by atoms with Crippen LogP contribution < -0.4 is 5.32 Å². The number of carbonyl (C=O) groups is 3. The molecule has 150 valence electrons. The second-order valence-electron chi connectivity index (χ2n) is 6.55. The summed E-state index contributed by atoms with van der Waals surface area (Å²) in [5, 5.41) is 11.6. The average Bonchev–Trinajstić information content (AvgIpc) is 2.96. The summed E-state index contributed by atoms with van der Waals surface area (Å²) in [4.78, 5) is 41.7. The maximum atomic E-state index is 12.5. The molecule has 0 bridgehead atoms. The molecule has 3 rings (SSSR count). The molecule has 1 aliphatic rings. The normalized spacial score (nSPS) is 17.6. The number of amides is 2. The van der Waals surface area contributed by atoms with Crippen LogP contribution in [0.3, 0.4) is 0 Å². The van der Waals surface area contributed by atoms with Gasteiger partial charge in [-0.15, -0.1) is 0 Å². The van der Waals surface area contributed by atoms with Gasteiger partial charge in [0.05, 0.1) is 11.3 Å². The predicted molar refractivity (Wildman–Crippen MR) is 114 cm³/mol. The molecule has 2 aromatic rings. The summed E-state index contributed by atoms with van der Waals surface area (Å²) < 4.78 is 0. The first-order valence-electron chi connectivity index (χ1n) is 9.12. The molecule has 1 heterocycles. The molecule has 0 unspecified atom stereocenters. The van der Waals surface area contributed by atoms with Crippen LogP contribution in [0.15, 0.2) is 53.5 Å². The zero-order valence-electron chi connectivity index (χ0n) is 16.1. The van der Waals surface area contributed by atoms with Crippen molar-refractivity contribution in [3.63, 3.8) is 0 Å². The highest BCUT2D eigenvalue weighted by molar-refractivity contribution is 8.15. The third-order valence-corrected chi connectivity index (χ3v) is 5.73. The lowest BCUT2D eigenvalue weighted by molar-refractivity contribution is -0.127. The highest BCUT2D eigenvalue weighted by Crippen LogP contribution is 2.31. The second kappa shape index (κ2) is 8.91. The minimum atomic E-state index is -1.03. The van der Waals surface area contributed by atoms with Crippen LogP contribution in [0.1, 0.15) is 29.3 Å². The number of carbonyl (C=O) groups excluding carboxylic acids is 2. The van der Waals surface area contributed by atoms with Crippen LogP contribution >= 0.6 is 11.8 Å². The predicted octanol–water partition coefficient (Wildman–Crippen LogP) is 3.54. The Hall–Kier alpha value is -3.13. The topological polar surface area (TPSA) is 99.1 Å². The number of aromatic carboxylic acids is 1. The van der Waals surface area contributed by atoms with E-state index in [4.69, 9.17) is 5.11 Å². The quantitative estimate of drug-likeness (QED) is 0.758. The minimum absolute atomic E-state index is 0.00230. The summed E-state index contributed by atoms with van der Waals surface area (Å²) in [6.45, 7) is 2.08. The molecule has 0 saturated carbocycles. The second-order valence-corrected chi connectivity index (χ2v) is 7.72. The lowest BCUT2D eigenvalue weighted by Gasteiger charge is -2.09. The maximum absolute atomic E-state index is 12.5. The van der Waals surface area contributed by atoms with Gasteiger partial charge in [-0.3, -0.25) is 14.5 Å². The number of aliphatic imine (C=N–C) groups is 1. The van der Waals surface area contributed by atoms with E-state index >= 15 is 0 Å². The van der Waals surface area contributed by atoms with Crippen LogP contribution in [0, 0.1) is 0 Å². The van der Waals surface area contributed by atoms with Crippen LogP contribution in [0.25, 0.3) is 0 Å². The van der Waals surface area contributed by atoms with Gasteiger partial charge in [0, 0.05) is 19.2 Å². The van der Waals surface area contributed by atoms with Crippen molar-refractivity contribution >= 4 is 46.1 Å². The summed E-state index contributed by atoms with van der Waals surface area (Å²) >= 11 is 1.26. The van der Waals surface area contributed by atoms with Crippen LogP contribution in [-0.2, 0) is 16.0 Å². The molecule has 1 fully saturated rings. The number of nitrogens with zero attached hydrogens (tertiary/aromatic N) is 2. The number of anilines is 1. The van der Waals surface area contributed by atoms with E-state index in [0.29, 0.717) is 10.9 Å². The van der Waals surface area contributed by atoms with Crippen molar-refractivity contribution in [2.45, 2.75) is 25.0 Å². The molecule has 0 radical (unpaired) electrons. The van der Waals surface area contributed by atoms with E-state index in [1.54, 1.807) is 7.05 Å². The molecule has 2 aromatic carbocycles. The Morgan fingerprint density at radius 2 is 1.79 bits per heavy atom. The average molecular weight is 411 g/mol. The molecule has 29 heavy (non-hydrogen) atoms. The summed E-state index contributed by atoms with van der Waals surface area (Å²) in [5.74, 6) is -1.52. The molecule has 8 heteroatoms. The monoisotopic (exact) mass is 411 g/mol. The molecule has 0 spiro atoms. The highest BCUT2D eigenvalue weighted by atomic mass is 32.2. The van der Waals surface area contributed by atoms with Crippen molar-refractivity contribution in [2.24, 2.45) is 4.99 Å². The number of carboxylic acids is 1. The Morgan fingerprint density at radius 3 is 2.38 bits per heavy atom. The van der Waals surface area contributed by atoms with E-state index in [0.717, 1.165) is 12.1 Å². The van der Waals surface area contributed by atoms with Crippen LogP contribution in [0.4, 0.5) is 11.4 Å². The fraction of sp³-hybridized carbons (Fsp3) is 0.238. The molecular weight excluding hydrogens is 390 g/mol. The Kier molecular flexibility index (Phi) is 6.33. The van der Waals surface area contributed by atoms with Gasteiger partial charge < -0.3 is 10.4 Å². The molecule has 1 saturated heterocycles. The lowest BCUT2D eigenvalue weighted by Crippen LogP contribution is -2.30. The summed E-state index contributed by atoms with van der Waals surface area (Å²) in [6, 6.07) is 13.7. The van der Waals surface area contributed by atoms with Gasteiger partial charge in [-0.1, -0.05) is 30.8 Å². The Labute approximate surface area is 172 Å². The number of benzene rings is 2. The smallest absolute Gasteiger partial charge is 0.335 e. The third-order valence-electron chi connectivity index (χ3n) is 4.50. The van der Waals surface area contributed by atoms with Gasteiger partial charge in [-0.25, -0.2) is 9.79 Å². The van der Waals surface area contributed by atoms with E-state index in [-0.39, 0.29) is 23.8 Å². The first kappa shape index (κ1) is 20.6. The van der Waals surface area contributed by atoms with Gasteiger partial charge in [-0.2, -0.15) is 0 Å². The molecule has 2 N–H and O–H groups in total. The summed E-state index contributed by atoms with van der Waals surface area (Å²) in [5.41, 5.74) is 2.59. The van der Waals surface area contributed by atoms with E-state index < -0.39 is 11.2 Å². The standard InChI is InChI=1S/C21H21N3O4S/c1-3-13-4-8-16(9-5-13)23-21-24(2)19(26)17(29-21)12-18(25)22-15-10-6-14(7-11-15)20(27)28/h4-11,17H,3,12H2,1-2H3,(H,22,25)(H,27,28)/t17-/m0/s1. The fourth-order valence-electron chi connectivity index (χ4n) is 2.79. The van der Waals surface area contributed by atoms with Crippen molar-refractivity contribution in [1.82, 2.24) is 4.90 Å². The van der Waals surface area contributed by atoms with Gasteiger partial charge >= 0.3 is 5.97 Å². The van der Waals surface area contributed by atoms with Gasteiger partial charge in [0.1, 0.15) is 5.25 Å². The van der Waals surface area contributed by atoms with Crippen molar-refractivity contribution in [3.8, 4) is 0 Å². The number of nitrogens with one attached hydrogen (secondary N) is 1. The molecule has 0 aliphatic carbocycles. The number of aryl methyl sites for hydroxylation is 1. The molecular formula is C21H21N3O4S. The van der Waals surface area contributed by atoms with Gasteiger partial charge in [-0.05, 0) is 48.4 Å². The number of hydrogen-bond donors (Lipinski definition) is 2. The first-order chi connectivity index (χ1) is 13.9. The molecule has 1 atom stereocenters. The van der Waals surface area contributed by atoms with Crippen molar-refractivity contribution in [3.05, 3.63) is 59.7 Å². The summed E-state index contributed by atoms with van der Waals surface area (Å²) in [6.07, 6.45) is 0.947. The molecule has 7 nitrogen and oxygen atoms in total. The molecule has 2 amide bonds. The van der Waals surface area contributed by atoms with E-state index in [9.17, 15) is 14.4 Å². The number of hydrogen-bond acceptors (Lipinski definition) is 5. The maximum Gasteiger partial charge on any atom is 0.335 e. The third kappa shape index (κ3) is 5.03. The van der Waals surface area contributed by atoms with Crippen molar-refractivity contribution in [2.75, 3.05) is 12.4 Å². The zero-order valence-corrected chi connectivity index (χ0v) is 16.9. The van der Waals surface area contributed by atoms with Gasteiger partial charge in [0.15, 0.2) is 5.17 Å². The largest absolute Gasteiger partial charge is 0.478 e. The zero-order chi connectivity index (χ0) is 21.0. The minimum Gasteiger partial charge on any atom is -0.478 e. The van der Waals surface area contributed by atoms with Crippen molar-refractivity contribution < 1.29 is 19.5 Å². The number of amidine groups is 1. The van der Waals surface area contributed by atoms with E-state index in [2.05, 4.69) is 17.2 Å². The van der Waals surface area contributed by atoms with Crippen LogP contribution in [0.2, 0.25) is 0 Å². The van der Waals surface area contributed by atoms with Gasteiger partial charge in [0.2, 0.25) is 11.8 Å². The number of carboxylic acid groups (broad SMARTS) is 1. The van der Waals surface area contributed by atoms with Crippen molar-refractivity contribution in [1.29, 1.82) is 0 Å². The van der Waals surface area contributed by atoms with E-state index in [1.807, 2.05) is 24.3 Å². The number of thioether (sulfide) groups is 1. The van der Waals surface area contributed by atoms with E-state index in [1.165, 1.54) is 46.5 Å². The number of rotatable bonds is 6. The Bertz CT molecular complexity index is 955. The van der Waals surface area contributed by atoms with Gasteiger partial charge in [0.25, 0.3) is 0 Å². The highest BCUT2D eigenvalue weighted by Gasteiger charge is 2.37. The van der Waals surface area contributed by atoms with Crippen LogP contribution in [-0.4, -0.2) is 45.3 Å². The Balaban J connectivity index is 1.63. The Morgan fingerprint density at radius 1 is 1.14 bits per heavy atom. The first-order valence-corrected chi connectivity index (χ1v) is 10.0. The summed E-state index contributed by atoms with van der Waals surface area (Å²) in [7, 11) is 1.65.